The van der Waals surface area contributed by atoms with Gasteiger partial charge in [-0.3, -0.25) is 4.79 Å². The summed E-state index contributed by atoms with van der Waals surface area (Å²) in [6.45, 7) is 0.692. The van der Waals surface area contributed by atoms with Crippen LogP contribution >= 0.6 is 0 Å². The van der Waals surface area contributed by atoms with E-state index >= 15 is 0 Å². The van der Waals surface area contributed by atoms with Gasteiger partial charge in [0.25, 0.3) is 0 Å². The molecule has 3 rings (SSSR count). The van der Waals surface area contributed by atoms with E-state index in [0.29, 0.717) is 19.4 Å². The zero-order chi connectivity index (χ0) is 14.8. The molecule has 1 N–H and O–H groups in total. The molecule has 0 bridgehead atoms. The Morgan fingerprint density at radius 1 is 1.43 bits per heavy atom. The van der Waals surface area contributed by atoms with Crippen molar-refractivity contribution in [2.24, 2.45) is 5.92 Å². The van der Waals surface area contributed by atoms with Crippen LogP contribution in [0.25, 0.3) is 0 Å². The van der Waals surface area contributed by atoms with Crippen LogP contribution in [0.15, 0.2) is 24.3 Å². The number of ether oxygens (including phenoxy) is 1. The summed E-state index contributed by atoms with van der Waals surface area (Å²) in [4.78, 5) is 16.1. The van der Waals surface area contributed by atoms with E-state index in [2.05, 4.69) is 10.1 Å². The minimum Gasteiger partial charge on any atom is -0.508 e. The van der Waals surface area contributed by atoms with E-state index in [9.17, 15) is 9.90 Å². The molecule has 0 spiro atoms. The second-order valence-corrected chi connectivity index (χ2v) is 5.22. The SMILES string of the molecule is COC(=O)C1CCn2nc(Cc3ccc(O)cc3)nc2C1. The number of carbonyl (C=O) groups is 1. The first kappa shape index (κ1) is 13.6. The quantitative estimate of drug-likeness (QED) is 0.861. The Morgan fingerprint density at radius 3 is 2.90 bits per heavy atom. The highest BCUT2D eigenvalue weighted by atomic mass is 16.5. The van der Waals surface area contributed by atoms with E-state index in [-0.39, 0.29) is 17.6 Å². The van der Waals surface area contributed by atoms with Crippen molar-refractivity contribution in [2.45, 2.75) is 25.8 Å². The molecular formula is C15H17N3O3. The molecule has 0 saturated heterocycles. The standard InChI is InChI=1S/C15H17N3O3/c1-21-15(20)11-6-7-18-14(9-11)16-13(17-18)8-10-2-4-12(19)5-3-10/h2-5,11,19H,6-9H2,1H3. The molecule has 1 aromatic carbocycles. The summed E-state index contributed by atoms with van der Waals surface area (Å²) in [6.07, 6.45) is 1.93. The number of methoxy groups -OCH3 is 1. The summed E-state index contributed by atoms with van der Waals surface area (Å²) in [7, 11) is 1.41. The molecule has 2 aromatic rings. The Kier molecular flexibility index (Phi) is 3.60. The Hall–Kier alpha value is -2.37. The molecule has 1 aliphatic heterocycles. The summed E-state index contributed by atoms with van der Waals surface area (Å²) in [5.41, 5.74) is 1.04. The maximum Gasteiger partial charge on any atom is 0.309 e. The maximum absolute atomic E-state index is 11.6. The van der Waals surface area contributed by atoms with Crippen molar-refractivity contribution in [3.63, 3.8) is 0 Å². The van der Waals surface area contributed by atoms with Crippen molar-refractivity contribution < 1.29 is 14.6 Å². The van der Waals surface area contributed by atoms with Gasteiger partial charge in [0.2, 0.25) is 0 Å². The number of hydrogen-bond acceptors (Lipinski definition) is 5. The van der Waals surface area contributed by atoms with E-state index in [4.69, 9.17) is 4.74 Å². The lowest BCUT2D eigenvalue weighted by atomic mass is 9.98. The van der Waals surface area contributed by atoms with Crippen LogP contribution in [0.1, 0.15) is 23.6 Å². The van der Waals surface area contributed by atoms with Crippen molar-refractivity contribution in [2.75, 3.05) is 7.11 Å². The first-order valence-corrected chi connectivity index (χ1v) is 6.94. The molecule has 2 heterocycles. The van der Waals surface area contributed by atoms with Crippen molar-refractivity contribution in [1.29, 1.82) is 0 Å². The Balaban J connectivity index is 1.74. The van der Waals surface area contributed by atoms with E-state index < -0.39 is 0 Å². The molecule has 0 amide bonds. The van der Waals surface area contributed by atoms with Crippen molar-refractivity contribution in [3.8, 4) is 5.75 Å². The molecule has 110 valence electrons. The molecule has 1 aliphatic rings. The summed E-state index contributed by atoms with van der Waals surface area (Å²) < 4.78 is 6.67. The number of rotatable bonds is 3. The molecule has 1 atom stereocenters. The van der Waals surface area contributed by atoms with Crippen LogP contribution in [0.4, 0.5) is 0 Å². The number of esters is 1. The first-order valence-electron chi connectivity index (χ1n) is 6.94. The van der Waals surface area contributed by atoms with Gasteiger partial charge in [0.05, 0.1) is 13.0 Å². The molecule has 0 radical (unpaired) electrons. The largest absolute Gasteiger partial charge is 0.508 e. The number of aryl methyl sites for hydroxylation is 1. The number of aromatic nitrogens is 3. The minimum absolute atomic E-state index is 0.117. The summed E-state index contributed by atoms with van der Waals surface area (Å²) >= 11 is 0. The number of nitrogens with zero attached hydrogens (tertiary/aromatic N) is 3. The van der Waals surface area contributed by atoms with E-state index in [1.54, 1.807) is 12.1 Å². The van der Waals surface area contributed by atoms with Crippen molar-refractivity contribution in [1.82, 2.24) is 14.8 Å². The van der Waals surface area contributed by atoms with Gasteiger partial charge < -0.3 is 9.84 Å². The maximum atomic E-state index is 11.6. The van der Waals surface area contributed by atoms with E-state index in [0.717, 1.165) is 23.6 Å². The zero-order valence-corrected chi connectivity index (χ0v) is 11.8. The zero-order valence-electron chi connectivity index (χ0n) is 11.8. The summed E-state index contributed by atoms with van der Waals surface area (Å²) in [6, 6.07) is 7.01. The Bertz CT molecular complexity index is 649. The van der Waals surface area contributed by atoms with Gasteiger partial charge in [-0.1, -0.05) is 12.1 Å². The van der Waals surface area contributed by atoms with Crippen LogP contribution in [0, 0.1) is 5.92 Å². The monoisotopic (exact) mass is 287 g/mol. The van der Waals surface area contributed by atoms with Gasteiger partial charge >= 0.3 is 5.97 Å². The number of benzene rings is 1. The highest BCUT2D eigenvalue weighted by Crippen LogP contribution is 2.21. The van der Waals surface area contributed by atoms with Gasteiger partial charge in [-0.15, -0.1) is 0 Å². The second-order valence-electron chi connectivity index (χ2n) is 5.22. The molecule has 0 aliphatic carbocycles. The lowest BCUT2D eigenvalue weighted by Crippen LogP contribution is -2.27. The van der Waals surface area contributed by atoms with Gasteiger partial charge in [-0.2, -0.15) is 5.10 Å². The molecular weight excluding hydrogens is 270 g/mol. The fourth-order valence-electron chi connectivity index (χ4n) is 2.60. The lowest BCUT2D eigenvalue weighted by molar-refractivity contribution is -0.146. The van der Waals surface area contributed by atoms with Gasteiger partial charge in [0.15, 0.2) is 5.82 Å². The summed E-state index contributed by atoms with van der Waals surface area (Å²) in [5, 5.41) is 13.8. The smallest absolute Gasteiger partial charge is 0.309 e. The predicted molar refractivity (Wildman–Crippen MR) is 74.8 cm³/mol. The molecule has 6 heteroatoms. The average Bonchev–Trinajstić information content (AvgIpc) is 2.90. The number of phenolic OH excluding ortho intramolecular Hbond substituents is 1. The Labute approximate surface area is 122 Å². The Morgan fingerprint density at radius 2 is 2.19 bits per heavy atom. The second kappa shape index (κ2) is 5.55. The van der Waals surface area contributed by atoms with Crippen LogP contribution in [0.2, 0.25) is 0 Å². The van der Waals surface area contributed by atoms with Crippen LogP contribution in [0.3, 0.4) is 0 Å². The van der Waals surface area contributed by atoms with Gasteiger partial charge in [0.1, 0.15) is 11.6 Å². The normalized spacial score (nSPS) is 17.3. The van der Waals surface area contributed by atoms with E-state index in [1.165, 1.54) is 7.11 Å². The molecule has 6 nitrogen and oxygen atoms in total. The van der Waals surface area contributed by atoms with Crippen molar-refractivity contribution >= 4 is 5.97 Å². The van der Waals surface area contributed by atoms with Crippen LogP contribution in [0.5, 0.6) is 5.75 Å². The fourth-order valence-corrected chi connectivity index (χ4v) is 2.60. The first-order chi connectivity index (χ1) is 10.2. The number of hydrogen-bond donors (Lipinski definition) is 1. The van der Waals surface area contributed by atoms with Crippen LogP contribution < -0.4 is 0 Å². The molecule has 21 heavy (non-hydrogen) atoms. The van der Waals surface area contributed by atoms with Crippen molar-refractivity contribution in [3.05, 3.63) is 41.5 Å². The molecule has 0 fully saturated rings. The average molecular weight is 287 g/mol. The number of aromatic hydroxyl groups is 1. The third-order valence-electron chi connectivity index (χ3n) is 3.74. The van der Waals surface area contributed by atoms with Gasteiger partial charge in [0, 0.05) is 19.4 Å². The molecule has 1 unspecified atom stereocenters. The third-order valence-corrected chi connectivity index (χ3v) is 3.74. The minimum atomic E-state index is -0.177. The number of phenols is 1. The van der Waals surface area contributed by atoms with Gasteiger partial charge in [-0.05, 0) is 24.1 Å². The number of carbonyl (C=O) groups excluding carboxylic acids is 1. The highest BCUT2D eigenvalue weighted by molar-refractivity contribution is 5.72. The summed E-state index contributed by atoms with van der Waals surface area (Å²) in [5.74, 6) is 1.53. The van der Waals surface area contributed by atoms with E-state index in [1.807, 2.05) is 16.8 Å². The predicted octanol–water partition coefficient (Wildman–Crippen LogP) is 1.31. The third kappa shape index (κ3) is 2.89. The number of fused-ring (bicyclic) bond motifs is 1. The van der Waals surface area contributed by atoms with Crippen LogP contribution in [-0.2, 0) is 28.9 Å². The topological polar surface area (TPSA) is 77.2 Å². The fraction of sp³-hybridized carbons (Fsp3) is 0.400. The lowest BCUT2D eigenvalue weighted by Gasteiger charge is -2.19. The highest BCUT2D eigenvalue weighted by Gasteiger charge is 2.27. The van der Waals surface area contributed by atoms with Crippen LogP contribution in [-0.4, -0.2) is 33.0 Å². The molecule has 0 saturated carbocycles. The molecule has 1 aromatic heterocycles. The van der Waals surface area contributed by atoms with Gasteiger partial charge in [-0.25, -0.2) is 9.67 Å².